The minimum atomic E-state index is -0.141. The van der Waals surface area contributed by atoms with Crippen LogP contribution in [0.2, 0.25) is 0 Å². The van der Waals surface area contributed by atoms with Gasteiger partial charge >= 0.3 is 0 Å². The molecule has 0 fully saturated rings. The summed E-state index contributed by atoms with van der Waals surface area (Å²) in [4.78, 5) is 22.4. The average molecular weight is 344 g/mol. The van der Waals surface area contributed by atoms with Gasteiger partial charge in [0.1, 0.15) is 0 Å². The molecule has 0 radical (unpaired) electrons. The Kier molecular flexibility index (Phi) is 10.6. The van der Waals surface area contributed by atoms with Gasteiger partial charge in [-0.1, -0.05) is 42.8 Å². The molecule has 0 heterocycles. The zero-order valence-corrected chi connectivity index (χ0v) is 14.3. The summed E-state index contributed by atoms with van der Waals surface area (Å²) in [6.07, 6.45) is 0. The van der Waals surface area contributed by atoms with E-state index in [-0.39, 0.29) is 25.8 Å². The van der Waals surface area contributed by atoms with Gasteiger partial charge in [-0.2, -0.15) is 0 Å². The van der Waals surface area contributed by atoms with E-state index in [1.807, 2.05) is 50.2 Å². The monoisotopic (exact) mass is 344 g/mol. The van der Waals surface area contributed by atoms with Gasteiger partial charge in [0.2, 0.25) is 0 Å². The van der Waals surface area contributed by atoms with Crippen LogP contribution < -0.4 is 10.6 Å². The molecular formula is C20H28N2O3. The van der Waals surface area contributed by atoms with Crippen molar-refractivity contribution in [3.63, 3.8) is 0 Å². The predicted molar refractivity (Wildman–Crippen MR) is 102 cm³/mol. The molecule has 0 saturated carbocycles. The zero-order chi connectivity index (χ0) is 17.9. The van der Waals surface area contributed by atoms with Crippen LogP contribution in [0.1, 0.15) is 39.3 Å². The third-order valence-electron chi connectivity index (χ3n) is 3.18. The van der Waals surface area contributed by atoms with Crippen LogP contribution in [0.4, 0.5) is 0 Å². The molecular weight excluding hydrogens is 316 g/mol. The number of aliphatic hydroxyl groups is 1. The first-order valence-corrected chi connectivity index (χ1v) is 7.72. The van der Waals surface area contributed by atoms with Crippen molar-refractivity contribution in [2.24, 2.45) is 0 Å². The number of amides is 2. The third kappa shape index (κ3) is 8.13. The van der Waals surface area contributed by atoms with Crippen molar-refractivity contribution in [2.75, 3.05) is 20.2 Å². The highest BCUT2D eigenvalue weighted by Crippen LogP contribution is 2.03. The number of carbonyl (C=O) groups excluding carboxylic acids is 2. The van der Waals surface area contributed by atoms with Gasteiger partial charge in [-0.15, -0.1) is 0 Å². The molecule has 3 N–H and O–H groups in total. The van der Waals surface area contributed by atoms with Crippen molar-refractivity contribution < 1.29 is 14.7 Å². The van der Waals surface area contributed by atoms with Crippen molar-refractivity contribution in [3.05, 3.63) is 70.8 Å². The number of nitrogens with one attached hydrogen (secondary N) is 2. The number of benzene rings is 2. The van der Waals surface area contributed by atoms with Crippen LogP contribution in [0.25, 0.3) is 0 Å². The summed E-state index contributed by atoms with van der Waals surface area (Å²) in [6.45, 7) is 4.17. The van der Waals surface area contributed by atoms with Crippen LogP contribution in [0.15, 0.2) is 48.5 Å². The van der Waals surface area contributed by atoms with E-state index in [4.69, 9.17) is 5.11 Å². The van der Waals surface area contributed by atoms with Crippen molar-refractivity contribution in [1.29, 1.82) is 0 Å². The van der Waals surface area contributed by atoms with Crippen LogP contribution in [0, 0.1) is 13.8 Å². The van der Waals surface area contributed by atoms with E-state index >= 15 is 0 Å². The second-order valence-corrected chi connectivity index (χ2v) is 5.30. The first-order valence-electron chi connectivity index (χ1n) is 7.72. The van der Waals surface area contributed by atoms with Crippen molar-refractivity contribution >= 4 is 11.8 Å². The van der Waals surface area contributed by atoms with Gasteiger partial charge in [-0.25, -0.2) is 0 Å². The van der Waals surface area contributed by atoms with Crippen LogP contribution in [0.5, 0.6) is 0 Å². The Bertz CT molecular complexity index is 684. The fourth-order valence-corrected chi connectivity index (χ4v) is 1.99. The standard InChI is InChI=1S/C10H13NO2.C9H11NO.CH4/c1-8-3-2-4-9(7-8)10(13)11-5-6-12;1-7-4-3-5-8(6-7)9(11)10-2;/h2-4,7,12H,5-6H2,1H3,(H,11,13);3-6H,1-2H3,(H,10,11);1H4. The number of aryl methyl sites for hydroxylation is 2. The maximum atomic E-state index is 11.3. The molecule has 2 aromatic carbocycles. The molecule has 136 valence electrons. The second-order valence-electron chi connectivity index (χ2n) is 5.30. The maximum absolute atomic E-state index is 11.3. The first-order chi connectivity index (χ1) is 11.5. The Morgan fingerprint density at radius 1 is 0.920 bits per heavy atom. The Labute approximate surface area is 150 Å². The van der Waals surface area contributed by atoms with Crippen molar-refractivity contribution in [1.82, 2.24) is 10.6 Å². The molecule has 0 aliphatic rings. The lowest BCUT2D eigenvalue weighted by atomic mass is 10.1. The van der Waals surface area contributed by atoms with Gasteiger partial charge < -0.3 is 15.7 Å². The quantitative estimate of drug-likeness (QED) is 0.798. The Hall–Kier alpha value is -2.66. The Morgan fingerprint density at radius 3 is 1.80 bits per heavy atom. The minimum Gasteiger partial charge on any atom is -0.395 e. The summed E-state index contributed by atoms with van der Waals surface area (Å²) in [5.74, 6) is -0.175. The fourth-order valence-electron chi connectivity index (χ4n) is 1.99. The molecule has 2 rings (SSSR count). The molecule has 5 heteroatoms. The molecule has 0 unspecified atom stereocenters. The molecule has 0 atom stereocenters. The predicted octanol–water partition coefficient (Wildman–Crippen LogP) is 2.71. The van der Waals surface area contributed by atoms with E-state index in [0.29, 0.717) is 17.7 Å². The van der Waals surface area contributed by atoms with Gasteiger partial charge in [-0.3, -0.25) is 9.59 Å². The van der Waals surface area contributed by atoms with E-state index in [0.717, 1.165) is 11.1 Å². The van der Waals surface area contributed by atoms with Gasteiger partial charge in [0, 0.05) is 24.7 Å². The largest absolute Gasteiger partial charge is 0.395 e. The second kappa shape index (κ2) is 11.8. The minimum absolute atomic E-state index is 0. The zero-order valence-electron chi connectivity index (χ0n) is 14.3. The Morgan fingerprint density at radius 2 is 1.40 bits per heavy atom. The lowest BCUT2D eigenvalue weighted by Gasteiger charge is -2.03. The number of rotatable bonds is 4. The van der Waals surface area contributed by atoms with Crippen molar-refractivity contribution in [3.8, 4) is 0 Å². The first kappa shape index (κ1) is 22.3. The van der Waals surface area contributed by atoms with Gasteiger partial charge in [0.25, 0.3) is 11.8 Å². The lowest BCUT2D eigenvalue weighted by molar-refractivity contribution is 0.0942. The molecule has 0 saturated heterocycles. The lowest BCUT2D eigenvalue weighted by Crippen LogP contribution is -2.26. The molecule has 0 aromatic heterocycles. The molecule has 0 spiro atoms. The molecule has 5 nitrogen and oxygen atoms in total. The van der Waals surface area contributed by atoms with Crippen LogP contribution in [-0.2, 0) is 0 Å². The highest BCUT2D eigenvalue weighted by atomic mass is 16.3. The molecule has 2 amide bonds. The molecule has 0 aliphatic heterocycles. The van der Waals surface area contributed by atoms with Gasteiger partial charge in [0.05, 0.1) is 6.61 Å². The Balaban J connectivity index is 0.000000449. The van der Waals surface area contributed by atoms with E-state index in [1.54, 1.807) is 19.2 Å². The highest BCUT2D eigenvalue weighted by Gasteiger charge is 2.03. The highest BCUT2D eigenvalue weighted by molar-refractivity contribution is 5.94. The van der Waals surface area contributed by atoms with E-state index < -0.39 is 0 Å². The fraction of sp³-hybridized carbons (Fsp3) is 0.300. The van der Waals surface area contributed by atoms with Gasteiger partial charge in [-0.05, 0) is 38.1 Å². The van der Waals surface area contributed by atoms with Crippen molar-refractivity contribution in [2.45, 2.75) is 21.3 Å². The van der Waals surface area contributed by atoms with Crippen LogP contribution >= 0.6 is 0 Å². The third-order valence-corrected chi connectivity index (χ3v) is 3.18. The summed E-state index contributed by atoms with van der Waals surface area (Å²) in [5.41, 5.74) is 3.50. The summed E-state index contributed by atoms with van der Waals surface area (Å²) in [5, 5.41) is 13.7. The van der Waals surface area contributed by atoms with Crippen LogP contribution in [-0.4, -0.2) is 37.1 Å². The molecule has 25 heavy (non-hydrogen) atoms. The van der Waals surface area contributed by atoms with E-state index in [9.17, 15) is 9.59 Å². The summed E-state index contributed by atoms with van der Waals surface area (Å²) in [7, 11) is 1.63. The summed E-state index contributed by atoms with van der Waals surface area (Å²) < 4.78 is 0. The summed E-state index contributed by atoms with van der Waals surface area (Å²) in [6, 6.07) is 14.8. The summed E-state index contributed by atoms with van der Waals surface area (Å²) >= 11 is 0. The van der Waals surface area contributed by atoms with Gasteiger partial charge in [0.15, 0.2) is 0 Å². The van der Waals surface area contributed by atoms with E-state index in [2.05, 4.69) is 10.6 Å². The number of hydrogen-bond acceptors (Lipinski definition) is 3. The molecule has 0 aliphatic carbocycles. The normalized spacial score (nSPS) is 9.12. The average Bonchev–Trinajstić information content (AvgIpc) is 2.59. The topological polar surface area (TPSA) is 78.4 Å². The molecule has 2 aromatic rings. The number of carbonyl (C=O) groups is 2. The smallest absolute Gasteiger partial charge is 0.251 e. The molecule has 0 bridgehead atoms. The number of aliphatic hydroxyl groups excluding tert-OH is 1. The van der Waals surface area contributed by atoms with Crippen LogP contribution in [0.3, 0.4) is 0 Å². The maximum Gasteiger partial charge on any atom is 0.251 e. The van der Waals surface area contributed by atoms with E-state index in [1.165, 1.54) is 0 Å². The SMILES string of the molecule is C.CNC(=O)c1cccc(C)c1.Cc1cccc(C(=O)NCCO)c1. The number of hydrogen-bond donors (Lipinski definition) is 3.